The highest BCUT2D eigenvalue weighted by atomic mass is 19.4. The number of carbonyl (C=O) groups excluding carboxylic acids is 1. The quantitative estimate of drug-likeness (QED) is 0.646. The Labute approximate surface area is 99.9 Å². The average Bonchev–Trinajstić information content (AvgIpc) is 2.34. The van der Waals surface area contributed by atoms with Gasteiger partial charge >= 0.3 is 6.18 Å². The van der Waals surface area contributed by atoms with Crippen molar-refractivity contribution in [1.82, 2.24) is 10.4 Å². The topological polar surface area (TPSA) is 78.1 Å². The van der Waals surface area contributed by atoms with E-state index in [9.17, 15) is 18.0 Å². The largest absolute Gasteiger partial charge is 0.417 e. The highest BCUT2D eigenvalue weighted by Gasteiger charge is 2.35. The third kappa shape index (κ3) is 3.28. The number of hydrogen-bond acceptors (Lipinski definition) is 4. The molecular formula is C10H7F3N4O. The van der Waals surface area contributed by atoms with Crippen molar-refractivity contribution in [3.05, 3.63) is 29.6 Å². The maximum absolute atomic E-state index is 12.6. The molecule has 0 aromatic carbocycles. The lowest BCUT2D eigenvalue weighted by Crippen LogP contribution is -2.23. The van der Waals surface area contributed by atoms with Gasteiger partial charge in [0.05, 0.1) is 11.1 Å². The van der Waals surface area contributed by atoms with Gasteiger partial charge in [0.1, 0.15) is 11.8 Å². The van der Waals surface area contributed by atoms with Crippen molar-refractivity contribution in [3.8, 4) is 6.07 Å². The van der Waals surface area contributed by atoms with Crippen LogP contribution >= 0.6 is 0 Å². The summed E-state index contributed by atoms with van der Waals surface area (Å²) in [7, 11) is 0. The van der Waals surface area contributed by atoms with Gasteiger partial charge in [-0.05, 0) is 13.0 Å². The predicted octanol–water partition coefficient (Wildman–Crippen LogP) is 1.73. The Morgan fingerprint density at radius 1 is 1.56 bits per heavy atom. The van der Waals surface area contributed by atoms with Gasteiger partial charge in [-0.25, -0.2) is 5.43 Å². The number of alkyl halides is 3. The number of rotatable bonds is 2. The molecule has 0 unspecified atom stereocenters. The first-order valence-corrected chi connectivity index (χ1v) is 4.62. The van der Waals surface area contributed by atoms with Crippen LogP contribution in [0, 0.1) is 11.3 Å². The maximum atomic E-state index is 12.6. The first kappa shape index (κ1) is 13.6. The van der Waals surface area contributed by atoms with Crippen LogP contribution in [0.15, 0.2) is 23.6 Å². The van der Waals surface area contributed by atoms with Crippen LogP contribution in [0.2, 0.25) is 0 Å². The third-order valence-corrected chi connectivity index (χ3v) is 1.86. The fourth-order valence-electron chi connectivity index (χ4n) is 1.04. The van der Waals surface area contributed by atoms with Crippen LogP contribution in [0.3, 0.4) is 0 Å². The Balaban J connectivity index is 3.05. The SMILES string of the molecule is CC(C#N)=NNC(=O)c1cnccc1C(F)(F)F. The molecule has 18 heavy (non-hydrogen) atoms. The van der Waals surface area contributed by atoms with Crippen LogP contribution in [0.4, 0.5) is 13.2 Å². The van der Waals surface area contributed by atoms with E-state index in [-0.39, 0.29) is 5.71 Å². The molecule has 0 aliphatic rings. The molecule has 1 aromatic rings. The molecule has 1 aromatic heterocycles. The van der Waals surface area contributed by atoms with Gasteiger partial charge in [-0.1, -0.05) is 0 Å². The summed E-state index contributed by atoms with van der Waals surface area (Å²) in [4.78, 5) is 14.9. The van der Waals surface area contributed by atoms with Crippen LogP contribution in [0.25, 0.3) is 0 Å². The molecule has 8 heteroatoms. The minimum Gasteiger partial charge on any atom is -0.267 e. The highest BCUT2D eigenvalue weighted by molar-refractivity contribution is 5.99. The lowest BCUT2D eigenvalue weighted by Gasteiger charge is -2.10. The van der Waals surface area contributed by atoms with Crippen molar-refractivity contribution < 1.29 is 18.0 Å². The van der Waals surface area contributed by atoms with Gasteiger partial charge in [-0.2, -0.15) is 23.5 Å². The number of nitrogens with one attached hydrogen (secondary N) is 1. The molecule has 5 nitrogen and oxygen atoms in total. The lowest BCUT2D eigenvalue weighted by atomic mass is 10.1. The summed E-state index contributed by atoms with van der Waals surface area (Å²) in [5.41, 5.74) is 0.00153. The summed E-state index contributed by atoms with van der Waals surface area (Å²) in [6.45, 7) is 1.30. The van der Waals surface area contributed by atoms with Crippen LogP contribution in [-0.4, -0.2) is 16.6 Å². The van der Waals surface area contributed by atoms with Gasteiger partial charge in [0, 0.05) is 12.4 Å². The first-order valence-electron chi connectivity index (χ1n) is 4.62. The molecule has 1 N–H and O–H groups in total. The zero-order valence-corrected chi connectivity index (χ0v) is 9.12. The minimum absolute atomic E-state index is 0.0826. The number of aromatic nitrogens is 1. The maximum Gasteiger partial charge on any atom is 0.417 e. The van der Waals surface area contributed by atoms with Crippen LogP contribution in [0.5, 0.6) is 0 Å². The Kier molecular flexibility index (Phi) is 3.99. The number of amides is 1. The van der Waals surface area contributed by atoms with Gasteiger partial charge in [0.2, 0.25) is 0 Å². The van der Waals surface area contributed by atoms with E-state index >= 15 is 0 Å². The molecule has 0 fully saturated rings. The first-order chi connectivity index (χ1) is 8.36. The molecule has 0 radical (unpaired) electrons. The van der Waals surface area contributed by atoms with Gasteiger partial charge in [-0.3, -0.25) is 9.78 Å². The number of hydrogen-bond donors (Lipinski definition) is 1. The number of hydrazone groups is 1. The fourth-order valence-corrected chi connectivity index (χ4v) is 1.04. The molecule has 0 saturated carbocycles. The van der Waals surface area contributed by atoms with Crippen LogP contribution < -0.4 is 5.43 Å². The second-order valence-electron chi connectivity index (χ2n) is 3.17. The molecule has 0 atom stereocenters. The Hall–Kier alpha value is -2.43. The predicted molar refractivity (Wildman–Crippen MR) is 55.4 cm³/mol. The second kappa shape index (κ2) is 5.27. The summed E-state index contributed by atoms with van der Waals surface area (Å²) >= 11 is 0. The number of nitriles is 1. The van der Waals surface area contributed by atoms with E-state index < -0.39 is 23.2 Å². The molecular weight excluding hydrogens is 249 g/mol. The van der Waals surface area contributed by atoms with Crippen molar-refractivity contribution in [2.24, 2.45) is 5.10 Å². The molecule has 1 amide bonds. The van der Waals surface area contributed by atoms with E-state index in [0.29, 0.717) is 6.07 Å². The molecule has 0 spiro atoms. The molecule has 1 heterocycles. The minimum atomic E-state index is -4.66. The molecule has 0 aliphatic heterocycles. The molecule has 0 bridgehead atoms. The van der Waals surface area contributed by atoms with Crippen molar-refractivity contribution in [2.75, 3.05) is 0 Å². The molecule has 1 rings (SSSR count). The Morgan fingerprint density at radius 3 is 2.78 bits per heavy atom. The second-order valence-corrected chi connectivity index (χ2v) is 3.17. The summed E-state index contributed by atoms with van der Waals surface area (Å²) in [5.74, 6) is -1.08. The fraction of sp³-hybridized carbons (Fsp3) is 0.200. The van der Waals surface area contributed by atoms with E-state index in [1.807, 2.05) is 5.43 Å². The van der Waals surface area contributed by atoms with E-state index in [2.05, 4.69) is 10.1 Å². The Bertz CT molecular complexity index is 531. The smallest absolute Gasteiger partial charge is 0.267 e. The summed E-state index contributed by atoms with van der Waals surface area (Å²) in [5, 5.41) is 11.7. The number of halogens is 3. The normalized spacial score (nSPS) is 11.8. The molecule has 0 saturated heterocycles. The third-order valence-electron chi connectivity index (χ3n) is 1.86. The molecule has 0 aliphatic carbocycles. The standard InChI is InChI=1S/C10H7F3N4O/c1-6(4-14)16-17-9(18)7-5-15-3-2-8(7)10(11,12)13/h2-3,5H,1H3,(H,17,18). The van der Waals surface area contributed by atoms with E-state index in [1.54, 1.807) is 6.07 Å². The summed E-state index contributed by atoms with van der Waals surface area (Å²) in [6.07, 6.45) is -2.94. The van der Waals surface area contributed by atoms with Gasteiger partial charge in [0.15, 0.2) is 0 Å². The monoisotopic (exact) mass is 256 g/mol. The number of carbonyl (C=O) groups is 1. The number of pyridine rings is 1. The van der Waals surface area contributed by atoms with Crippen molar-refractivity contribution in [3.63, 3.8) is 0 Å². The lowest BCUT2D eigenvalue weighted by molar-refractivity contribution is -0.138. The van der Waals surface area contributed by atoms with Gasteiger partial charge in [0.25, 0.3) is 5.91 Å². The van der Waals surface area contributed by atoms with Crippen molar-refractivity contribution in [2.45, 2.75) is 13.1 Å². The summed E-state index contributed by atoms with van der Waals surface area (Å²) < 4.78 is 37.7. The average molecular weight is 256 g/mol. The molecule has 94 valence electrons. The Morgan fingerprint density at radius 2 is 2.22 bits per heavy atom. The zero-order valence-electron chi connectivity index (χ0n) is 9.12. The zero-order chi connectivity index (χ0) is 13.8. The summed E-state index contributed by atoms with van der Waals surface area (Å²) in [6, 6.07) is 2.30. The van der Waals surface area contributed by atoms with Crippen molar-refractivity contribution in [1.29, 1.82) is 5.26 Å². The van der Waals surface area contributed by atoms with E-state index in [4.69, 9.17) is 5.26 Å². The van der Waals surface area contributed by atoms with Crippen LogP contribution in [-0.2, 0) is 6.18 Å². The van der Waals surface area contributed by atoms with Gasteiger partial charge < -0.3 is 0 Å². The van der Waals surface area contributed by atoms with Crippen molar-refractivity contribution >= 4 is 11.6 Å². The van der Waals surface area contributed by atoms with Gasteiger partial charge in [-0.15, -0.1) is 0 Å². The number of nitrogens with zero attached hydrogens (tertiary/aromatic N) is 3. The van der Waals surface area contributed by atoms with E-state index in [0.717, 1.165) is 12.4 Å². The van der Waals surface area contributed by atoms with Crippen LogP contribution in [0.1, 0.15) is 22.8 Å². The highest BCUT2D eigenvalue weighted by Crippen LogP contribution is 2.31. The van der Waals surface area contributed by atoms with E-state index in [1.165, 1.54) is 6.92 Å².